The fourth-order valence-corrected chi connectivity index (χ4v) is 4.91. The number of fused-ring (bicyclic) bond motifs is 1. The summed E-state index contributed by atoms with van der Waals surface area (Å²) in [7, 11) is 0. The summed E-state index contributed by atoms with van der Waals surface area (Å²) in [6, 6.07) is 2.06. The lowest BCUT2D eigenvalue weighted by Gasteiger charge is -2.49. The van der Waals surface area contributed by atoms with Crippen LogP contribution in [0, 0.1) is 0 Å². The van der Waals surface area contributed by atoms with Gasteiger partial charge in [0.25, 0.3) is 5.91 Å². The maximum Gasteiger partial charge on any atom is 0.352 e. The fourth-order valence-electron chi connectivity index (χ4n) is 2.88. The number of carboxylic acid groups (broad SMARTS) is 1. The van der Waals surface area contributed by atoms with Gasteiger partial charge >= 0.3 is 11.9 Å². The molecule has 2 amide bonds. The molecule has 2 aliphatic heterocycles. The molecule has 3 rings (SSSR count). The molecule has 3 heterocycles. The average molecular weight is 425 g/mol. The number of aliphatic carboxylic acids is 1. The number of hydrogen-bond donors (Lipinski definition) is 3. The number of nitrogens with one attached hydrogen (secondary N) is 1. The average Bonchev–Trinajstić information content (AvgIpc) is 3.15. The molecule has 0 radical (unpaired) electrons. The molecule has 11 heteroatoms. The Hall–Kier alpha value is -2.37. The number of ether oxygens (including phenoxy) is 1. The minimum absolute atomic E-state index is 0.166. The minimum atomic E-state index is -1.28. The zero-order chi connectivity index (χ0) is 20.4. The topological polar surface area (TPSA) is 139 Å². The van der Waals surface area contributed by atoms with Crippen molar-refractivity contribution in [1.29, 1.82) is 0 Å². The molecule has 1 fully saturated rings. The first kappa shape index (κ1) is 20.4. The Kier molecular flexibility index (Phi) is 6.06. The molecule has 0 aliphatic carbocycles. The molecule has 1 aromatic heterocycles. The molecule has 1 saturated heterocycles. The Morgan fingerprint density at radius 1 is 1.46 bits per heavy atom. The monoisotopic (exact) mass is 425 g/mol. The summed E-state index contributed by atoms with van der Waals surface area (Å²) < 4.78 is 5.01. The van der Waals surface area contributed by atoms with E-state index in [0.29, 0.717) is 5.57 Å². The van der Waals surface area contributed by atoms with Crippen LogP contribution in [0.3, 0.4) is 0 Å². The molecular weight excluding hydrogens is 406 g/mol. The van der Waals surface area contributed by atoms with E-state index in [2.05, 4.69) is 5.32 Å². The SMILES string of the molecule is C[C@H](N)C(=O)OCC1=C(C(=O)O)N2C(=O)[C@@H](NC(=O)Cc3cccs3)[C@@H]2SC1. The molecule has 0 bridgehead atoms. The Morgan fingerprint density at radius 2 is 2.21 bits per heavy atom. The molecule has 1 aromatic rings. The fraction of sp³-hybridized carbons (Fsp3) is 0.412. The molecule has 3 atom stereocenters. The van der Waals surface area contributed by atoms with Crippen molar-refractivity contribution in [2.24, 2.45) is 5.73 Å². The second-order valence-electron chi connectivity index (χ2n) is 6.36. The van der Waals surface area contributed by atoms with Crippen LogP contribution in [0.5, 0.6) is 0 Å². The Balaban J connectivity index is 1.68. The van der Waals surface area contributed by atoms with Gasteiger partial charge in [0.2, 0.25) is 5.91 Å². The van der Waals surface area contributed by atoms with Gasteiger partial charge in [-0.2, -0.15) is 0 Å². The molecule has 150 valence electrons. The van der Waals surface area contributed by atoms with Crippen molar-refractivity contribution in [1.82, 2.24) is 10.2 Å². The number of thiophene rings is 1. The Morgan fingerprint density at radius 3 is 2.82 bits per heavy atom. The van der Waals surface area contributed by atoms with Gasteiger partial charge in [0.05, 0.1) is 6.42 Å². The zero-order valence-corrected chi connectivity index (χ0v) is 16.5. The van der Waals surface area contributed by atoms with Gasteiger partial charge in [-0.1, -0.05) is 6.07 Å². The number of rotatable bonds is 7. The number of nitrogens with two attached hydrogens (primary N) is 1. The van der Waals surface area contributed by atoms with E-state index in [4.69, 9.17) is 10.5 Å². The first-order valence-corrected chi connectivity index (χ1v) is 10.4. The van der Waals surface area contributed by atoms with E-state index in [9.17, 15) is 24.3 Å². The number of thioether (sulfide) groups is 1. The van der Waals surface area contributed by atoms with Crippen LogP contribution in [0.2, 0.25) is 0 Å². The van der Waals surface area contributed by atoms with Crippen LogP contribution < -0.4 is 11.1 Å². The maximum absolute atomic E-state index is 12.5. The molecule has 0 unspecified atom stereocenters. The quantitative estimate of drug-likeness (QED) is 0.407. The first-order chi connectivity index (χ1) is 13.3. The summed E-state index contributed by atoms with van der Waals surface area (Å²) in [5.41, 5.74) is 5.55. The van der Waals surface area contributed by atoms with Crippen molar-refractivity contribution in [3.8, 4) is 0 Å². The highest BCUT2D eigenvalue weighted by atomic mass is 32.2. The lowest BCUT2D eigenvalue weighted by molar-refractivity contribution is -0.151. The predicted molar refractivity (Wildman–Crippen MR) is 102 cm³/mol. The zero-order valence-electron chi connectivity index (χ0n) is 14.9. The summed E-state index contributed by atoms with van der Waals surface area (Å²) in [5.74, 6) is -2.46. The number of carbonyl (C=O) groups excluding carboxylic acids is 3. The second kappa shape index (κ2) is 8.33. The third-order valence-corrected chi connectivity index (χ3v) is 6.46. The van der Waals surface area contributed by atoms with Gasteiger partial charge in [0.15, 0.2) is 0 Å². The largest absolute Gasteiger partial charge is 0.477 e. The third-order valence-electron chi connectivity index (χ3n) is 4.24. The van der Waals surface area contributed by atoms with E-state index in [1.807, 2.05) is 17.5 Å². The number of hydrogen-bond acceptors (Lipinski definition) is 8. The van der Waals surface area contributed by atoms with Crippen molar-refractivity contribution in [2.75, 3.05) is 12.4 Å². The number of carbonyl (C=O) groups is 4. The van der Waals surface area contributed by atoms with Gasteiger partial charge in [-0.3, -0.25) is 19.3 Å². The van der Waals surface area contributed by atoms with E-state index < -0.39 is 35.3 Å². The highest BCUT2D eigenvalue weighted by molar-refractivity contribution is 8.00. The number of carboxylic acids is 1. The number of nitrogens with zero attached hydrogens (tertiary/aromatic N) is 1. The lowest BCUT2D eigenvalue weighted by Crippen LogP contribution is -2.70. The van der Waals surface area contributed by atoms with Crippen molar-refractivity contribution in [3.63, 3.8) is 0 Å². The Bertz CT molecular complexity index is 836. The first-order valence-electron chi connectivity index (χ1n) is 8.43. The predicted octanol–water partition coefficient (Wildman–Crippen LogP) is -0.0804. The molecule has 0 spiro atoms. The molecular formula is C17H19N3O6S2. The summed E-state index contributed by atoms with van der Waals surface area (Å²) in [6.07, 6.45) is 0.166. The van der Waals surface area contributed by atoms with Gasteiger partial charge in [-0.05, 0) is 18.4 Å². The molecule has 0 aromatic carbocycles. The van der Waals surface area contributed by atoms with Crippen LogP contribution in [-0.2, 0) is 30.3 Å². The van der Waals surface area contributed by atoms with Crippen molar-refractivity contribution >= 4 is 46.9 Å². The van der Waals surface area contributed by atoms with Crippen molar-refractivity contribution in [3.05, 3.63) is 33.7 Å². The van der Waals surface area contributed by atoms with Gasteiger partial charge in [-0.15, -0.1) is 23.1 Å². The molecule has 2 aliphatic rings. The van der Waals surface area contributed by atoms with E-state index >= 15 is 0 Å². The molecule has 9 nitrogen and oxygen atoms in total. The van der Waals surface area contributed by atoms with Gasteiger partial charge < -0.3 is 20.9 Å². The van der Waals surface area contributed by atoms with Crippen molar-refractivity contribution in [2.45, 2.75) is 30.8 Å². The van der Waals surface area contributed by atoms with Crippen LogP contribution in [0.4, 0.5) is 0 Å². The summed E-state index contributed by atoms with van der Waals surface area (Å²) in [4.78, 5) is 50.0. The molecule has 0 saturated carbocycles. The third kappa shape index (κ3) is 4.05. The summed E-state index contributed by atoms with van der Waals surface area (Å²) in [6.45, 7) is 1.21. The Labute approximate surface area is 168 Å². The van der Waals surface area contributed by atoms with E-state index in [1.165, 1.54) is 30.0 Å². The van der Waals surface area contributed by atoms with E-state index in [-0.39, 0.29) is 30.4 Å². The van der Waals surface area contributed by atoms with Crippen LogP contribution in [0.15, 0.2) is 28.8 Å². The maximum atomic E-state index is 12.5. The highest BCUT2D eigenvalue weighted by Gasteiger charge is 2.54. The van der Waals surface area contributed by atoms with Crippen LogP contribution >= 0.6 is 23.1 Å². The lowest BCUT2D eigenvalue weighted by atomic mass is 10.0. The number of β-lactam (4-membered cyclic amide) rings is 1. The molecule has 28 heavy (non-hydrogen) atoms. The van der Waals surface area contributed by atoms with Gasteiger partial charge in [0, 0.05) is 16.2 Å². The van der Waals surface area contributed by atoms with Crippen LogP contribution in [0.25, 0.3) is 0 Å². The number of esters is 1. The normalized spacial score (nSPS) is 22.2. The standard InChI is InChI=1S/C17H19N3O6S2/c1-8(18)17(25)26-6-9-7-28-15-12(14(22)20(15)13(9)16(23)24)19-11(21)5-10-3-2-4-27-10/h2-4,8,12,15H,5-7,18H2,1H3,(H,19,21)(H,23,24)/t8-,12+,15-/m0/s1. The van der Waals surface area contributed by atoms with E-state index in [1.54, 1.807) is 0 Å². The van der Waals surface area contributed by atoms with Crippen molar-refractivity contribution < 1.29 is 29.0 Å². The smallest absolute Gasteiger partial charge is 0.352 e. The van der Waals surface area contributed by atoms with E-state index in [0.717, 1.165) is 9.78 Å². The highest BCUT2D eigenvalue weighted by Crippen LogP contribution is 2.40. The van der Waals surface area contributed by atoms with Crippen LogP contribution in [0.1, 0.15) is 11.8 Å². The van der Waals surface area contributed by atoms with Gasteiger partial charge in [0.1, 0.15) is 29.8 Å². The summed E-state index contributed by atoms with van der Waals surface area (Å²) >= 11 is 2.76. The molecule has 4 N–H and O–H groups in total. The van der Waals surface area contributed by atoms with Crippen LogP contribution in [-0.4, -0.2) is 63.6 Å². The summed E-state index contributed by atoms with van der Waals surface area (Å²) in [5, 5.41) is 13.6. The number of amides is 2. The second-order valence-corrected chi connectivity index (χ2v) is 8.50. The minimum Gasteiger partial charge on any atom is -0.477 e. The van der Waals surface area contributed by atoms with Gasteiger partial charge in [-0.25, -0.2) is 4.79 Å².